The Morgan fingerprint density at radius 3 is 2.73 bits per heavy atom. The van der Waals surface area contributed by atoms with E-state index in [9.17, 15) is 0 Å². The Balaban J connectivity index is 1.60. The van der Waals surface area contributed by atoms with Crippen LogP contribution < -0.4 is 5.32 Å². The first-order valence-corrected chi connectivity index (χ1v) is 6.33. The van der Waals surface area contributed by atoms with E-state index in [2.05, 4.69) is 22.4 Å². The van der Waals surface area contributed by atoms with Crippen LogP contribution in [0.1, 0.15) is 12.8 Å². The predicted molar refractivity (Wildman–Crippen MR) is 66.5 cm³/mol. The van der Waals surface area contributed by atoms with E-state index >= 15 is 0 Å². The van der Waals surface area contributed by atoms with E-state index in [0.29, 0.717) is 0 Å². The SMILES string of the molecule is c1ccc(NC2=NCC(C3CC3)S2)cc1. The Kier molecular flexibility index (Phi) is 2.41. The van der Waals surface area contributed by atoms with Gasteiger partial charge in [-0.15, -0.1) is 0 Å². The lowest BCUT2D eigenvalue weighted by atomic mass is 10.3. The van der Waals surface area contributed by atoms with Crippen LogP contribution in [0.15, 0.2) is 35.3 Å². The van der Waals surface area contributed by atoms with E-state index < -0.39 is 0 Å². The van der Waals surface area contributed by atoms with Gasteiger partial charge in [0.2, 0.25) is 0 Å². The molecule has 1 saturated carbocycles. The van der Waals surface area contributed by atoms with Gasteiger partial charge < -0.3 is 5.32 Å². The Bertz CT molecular complexity index is 370. The van der Waals surface area contributed by atoms with E-state index in [1.807, 2.05) is 30.0 Å². The predicted octanol–water partition coefficient (Wildman–Crippen LogP) is 2.98. The second-order valence-electron chi connectivity index (χ2n) is 4.13. The topological polar surface area (TPSA) is 24.4 Å². The summed E-state index contributed by atoms with van der Waals surface area (Å²) in [6, 6.07) is 10.3. The summed E-state index contributed by atoms with van der Waals surface area (Å²) in [6.07, 6.45) is 2.82. The lowest BCUT2D eigenvalue weighted by Gasteiger charge is -2.07. The van der Waals surface area contributed by atoms with Gasteiger partial charge in [-0.25, -0.2) is 0 Å². The molecule has 1 heterocycles. The molecule has 3 rings (SSSR count). The van der Waals surface area contributed by atoms with Gasteiger partial charge in [0, 0.05) is 10.9 Å². The van der Waals surface area contributed by atoms with Crippen molar-refractivity contribution in [3.05, 3.63) is 30.3 Å². The summed E-state index contributed by atoms with van der Waals surface area (Å²) < 4.78 is 0. The summed E-state index contributed by atoms with van der Waals surface area (Å²) in [5, 5.41) is 5.21. The van der Waals surface area contributed by atoms with Gasteiger partial charge in [0.1, 0.15) is 0 Å². The Morgan fingerprint density at radius 2 is 2.00 bits per heavy atom. The number of anilines is 1. The van der Waals surface area contributed by atoms with Gasteiger partial charge in [-0.3, -0.25) is 4.99 Å². The highest BCUT2D eigenvalue weighted by atomic mass is 32.2. The minimum absolute atomic E-state index is 0.746. The number of nitrogens with zero attached hydrogens (tertiary/aromatic N) is 1. The molecular formula is C12H14N2S. The van der Waals surface area contributed by atoms with E-state index in [0.717, 1.165) is 28.6 Å². The van der Waals surface area contributed by atoms with Crippen LogP contribution in [0.4, 0.5) is 5.69 Å². The van der Waals surface area contributed by atoms with Crippen LogP contribution in [-0.4, -0.2) is 17.0 Å². The second-order valence-corrected chi connectivity index (χ2v) is 5.36. The van der Waals surface area contributed by atoms with Crippen LogP contribution in [-0.2, 0) is 0 Å². The molecule has 1 N–H and O–H groups in total. The minimum Gasteiger partial charge on any atom is -0.335 e. The Hall–Kier alpha value is -0.960. The van der Waals surface area contributed by atoms with Gasteiger partial charge in [0.05, 0.1) is 6.54 Å². The fourth-order valence-corrected chi connectivity index (χ4v) is 3.04. The molecule has 0 amide bonds. The monoisotopic (exact) mass is 218 g/mol. The van der Waals surface area contributed by atoms with Crippen molar-refractivity contribution in [2.24, 2.45) is 10.9 Å². The van der Waals surface area contributed by atoms with Crippen molar-refractivity contribution < 1.29 is 0 Å². The van der Waals surface area contributed by atoms with Gasteiger partial charge in [0.25, 0.3) is 0 Å². The molecule has 1 aromatic carbocycles. The smallest absolute Gasteiger partial charge is 0.161 e. The summed E-state index contributed by atoms with van der Waals surface area (Å²) in [4.78, 5) is 4.54. The fraction of sp³-hybridized carbons (Fsp3) is 0.417. The molecule has 1 atom stereocenters. The highest BCUT2D eigenvalue weighted by molar-refractivity contribution is 8.15. The largest absolute Gasteiger partial charge is 0.335 e. The number of hydrogen-bond donors (Lipinski definition) is 1. The zero-order chi connectivity index (χ0) is 10.1. The highest BCUT2D eigenvalue weighted by Crippen LogP contribution is 2.41. The van der Waals surface area contributed by atoms with Crippen LogP contribution in [0, 0.1) is 5.92 Å². The fourth-order valence-electron chi connectivity index (χ4n) is 1.82. The highest BCUT2D eigenvalue weighted by Gasteiger charge is 2.35. The summed E-state index contributed by atoms with van der Waals surface area (Å²) >= 11 is 1.91. The van der Waals surface area contributed by atoms with Crippen molar-refractivity contribution in [1.82, 2.24) is 0 Å². The summed E-state index contributed by atoms with van der Waals surface area (Å²) in [6.45, 7) is 1.00. The first kappa shape index (κ1) is 9.28. The molecule has 0 aromatic heterocycles. The molecule has 78 valence electrons. The molecule has 1 aliphatic heterocycles. The maximum atomic E-state index is 4.54. The lowest BCUT2D eigenvalue weighted by molar-refractivity contribution is 0.773. The molecule has 1 aromatic rings. The van der Waals surface area contributed by atoms with Gasteiger partial charge in [-0.2, -0.15) is 0 Å². The molecule has 0 radical (unpaired) electrons. The maximum absolute atomic E-state index is 4.54. The number of hydrogen-bond acceptors (Lipinski definition) is 3. The van der Waals surface area contributed by atoms with Gasteiger partial charge in [0.15, 0.2) is 5.17 Å². The number of benzene rings is 1. The molecule has 3 heteroatoms. The molecule has 2 nitrogen and oxygen atoms in total. The molecule has 0 bridgehead atoms. The average molecular weight is 218 g/mol. The van der Waals surface area contributed by atoms with Crippen molar-refractivity contribution in [3.8, 4) is 0 Å². The molecule has 2 aliphatic rings. The third kappa shape index (κ3) is 2.17. The van der Waals surface area contributed by atoms with Crippen LogP contribution in [0.3, 0.4) is 0 Å². The number of aliphatic imine (C=N–C) groups is 1. The molecule has 15 heavy (non-hydrogen) atoms. The second kappa shape index (κ2) is 3.89. The van der Waals surface area contributed by atoms with E-state index in [1.165, 1.54) is 12.8 Å². The first-order chi connectivity index (χ1) is 7.42. The molecule has 0 spiro atoms. The number of nitrogens with one attached hydrogen (secondary N) is 1. The van der Waals surface area contributed by atoms with Crippen LogP contribution >= 0.6 is 11.8 Å². The van der Waals surface area contributed by atoms with Crippen molar-refractivity contribution in [2.75, 3.05) is 11.9 Å². The van der Waals surface area contributed by atoms with E-state index in [1.54, 1.807) is 0 Å². The third-order valence-electron chi connectivity index (χ3n) is 2.85. The zero-order valence-corrected chi connectivity index (χ0v) is 9.33. The standard InChI is InChI=1S/C12H14N2S/c1-2-4-10(5-3-1)14-12-13-8-11(15-12)9-6-7-9/h1-5,9,11H,6-8H2,(H,13,14). The Morgan fingerprint density at radius 1 is 1.20 bits per heavy atom. The number of para-hydroxylation sites is 1. The van der Waals surface area contributed by atoms with Gasteiger partial charge >= 0.3 is 0 Å². The van der Waals surface area contributed by atoms with Crippen molar-refractivity contribution in [3.63, 3.8) is 0 Å². The molecular weight excluding hydrogens is 204 g/mol. The summed E-state index contributed by atoms with van der Waals surface area (Å²) in [7, 11) is 0. The van der Waals surface area contributed by atoms with Gasteiger partial charge in [-0.05, 0) is 30.9 Å². The van der Waals surface area contributed by atoms with Crippen LogP contribution in [0.2, 0.25) is 0 Å². The molecule has 1 aliphatic carbocycles. The lowest BCUT2D eigenvalue weighted by Crippen LogP contribution is -2.08. The van der Waals surface area contributed by atoms with Crippen molar-refractivity contribution in [1.29, 1.82) is 0 Å². The normalized spacial score (nSPS) is 25.1. The summed E-state index contributed by atoms with van der Waals surface area (Å²) in [5.74, 6) is 0.939. The third-order valence-corrected chi connectivity index (χ3v) is 4.14. The minimum atomic E-state index is 0.746. The maximum Gasteiger partial charge on any atom is 0.161 e. The Labute approximate surface area is 94.2 Å². The average Bonchev–Trinajstić information content (AvgIpc) is 3.02. The van der Waals surface area contributed by atoms with Crippen molar-refractivity contribution >= 4 is 22.6 Å². The number of amidine groups is 1. The number of rotatable bonds is 2. The molecule has 1 fully saturated rings. The summed E-state index contributed by atoms with van der Waals surface area (Å²) in [5.41, 5.74) is 1.14. The first-order valence-electron chi connectivity index (χ1n) is 5.45. The quantitative estimate of drug-likeness (QED) is 0.825. The van der Waals surface area contributed by atoms with Gasteiger partial charge in [-0.1, -0.05) is 30.0 Å². The number of thioether (sulfide) groups is 1. The van der Waals surface area contributed by atoms with E-state index in [4.69, 9.17) is 0 Å². The van der Waals surface area contributed by atoms with E-state index in [-0.39, 0.29) is 0 Å². The molecule has 1 unspecified atom stereocenters. The van der Waals surface area contributed by atoms with Crippen molar-refractivity contribution in [2.45, 2.75) is 18.1 Å². The van der Waals surface area contributed by atoms with Crippen LogP contribution in [0.25, 0.3) is 0 Å². The zero-order valence-electron chi connectivity index (χ0n) is 8.52. The molecule has 0 saturated heterocycles. The van der Waals surface area contributed by atoms with Crippen LogP contribution in [0.5, 0.6) is 0 Å².